The molecule has 2 aliphatic rings. The minimum atomic E-state index is 0.0453. The van der Waals surface area contributed by atoms with Gasteiger partial charge in [-0.05, 0) is 24.5 Å². The molecule has 2 N–H and O–H groups in total. The van der Waals surface area contributed by atoms with E-state index in [4.69, 9.17) is 0 Å². The molecule has 0 saturated carbocycles. The molecule has 0 aliphatic carbocycles. The molecule has 1 saturated heterocycles. The maximum absolute atomic E-state index is 11.5. The second kappa shape index (κ2) is 3.24. The summed E-state index contributed by atoms with van der Waals surface area (Å²) in [5.74, 6) is 0.189. The molecule has 1 aromatic carbocycles. The summed E-state index contributed by atoms with van der Waals surface area (Å²) >= 11 is 0. The Hall–Kier alpha value is -1.51. The third-order valence-electron chi connectivity index (χ3n) is 3.87. The molecule has 1 amide bonds. The van der Waals surface area contributed by atoms with Crippen LogP contribution in [0.15, 0.2) is 18.2 Å². The van der Waals surface area contributed by atoms with Crippen LogP contribution in [-0.4, -0.2) is 19.0 Å². The molecule has 2 aliphatic heterocycles. The first-order chi connectivity index (χ1) is 7.71. The van der Waals surface area contributed by atoms with Crippen LogP contribution in [0.3, 0.4) is 0 Å². The topological polar surface area (TPSA) is 41.1 Å². The molecule has 1 fully saturated rings. The van der Waals surface area contributed by atoms with Crippen LogP contribution in [0.5, 0.6) is 0 Å². The molecule has 2 heterocycles. The summed E-state index contributed by atoms with van der Waals surface area (Å²) in [7, 11) is 0. The normalized spacial score (nSPS) is 27.4. The largest absolute Gasteiger partial charge is 0.385 e. The maximum atomic E-state index is 11.5. The summed E-state index contributed by atoms with van der Waals surface area (Å²) in [5.41, 5.74) is 3.88. The number of anilines is 1. The van der Waals surface area contributed by atoms with Crippen LogP contribution in [0.1, 0.15) is 24.0 Å². The van der Waals surface area contributed by atoms with E-state index in [1.54, 1.807) is 0 Å². The van der Waals surface area contributed by atoms with Gasteiger partial charge in [0.1, 0.15) is 0 Å². The smallest absolute Gasteiger partial charge is 0.220 e. The average molecular weight is 216 g/mol. The lowest BCUT2D eigenvalue weighted by Crippen LogP contribution is -2.36. The van der Waals surface area contributed by atoms with E-state index in [0.29, 0.717) is 6.42 Å². The highest BCUT2D eigenvalue weighted by Gasteiger charge is 2.43. The van der Waals surface area contributed by atoms with Gasteiger partial charge in [0.2, 0.25) is 5.91 Å². The molecule has 3 rings (SSSR count). The average Bonchev–Trinajstić information content (AvgIpc) is 2.63. The molecule has 0 bridgehead atoms. The fourth-order valence-electron chi connectivity index (χ4n) is 2.97. The van der Waals surface area contributed by atoms with E-state index in [-0.39, 0.29) is 11.3 Å². The maximum Gasteiger partial charge on any atom is 0.220 e. The van der Waals surface area contributed by atoms with Gasteiger partial charge in [-0.25, -0.2) is 0 Å². The fraction of sp³-hybridized carbons (Fsp3) is 0.462. The van der Waals surface area contributed by atoms with E-state index in [9.17, 15) is 4.79 Å². The monoisotopic (exact) mass is 216 g/mol. The number of rotatable bonds is 0. The van der Waals surface area contributed by atoms with E-state index in [0.717, 1.165) is 19.5 Å². The SMILES string of the molecule is Cc1cccc2c1NCCC21CNC(=O)C1. The Morgan fingerprint density at radius 1 is 1.31 bits per heavy atom. The number of fused-ring (bicyclic) bond motifs is 2. The van der Waals surface area contributed by atoms with Crippen LogP contribution in [-0.2, 0) is 10.2 Å². The number of hydrogen-bond donors (Lipinski definition) is 2. The fourth-order valence-corrected chi connectivity index (χ4v) is 2.97. The number of nitrogens with one attached hydrogen (secondary N) is 2. The van der Waals surface area contributed by atoms with Gasteiger partial charge < -0.3 is 10.6 Å². The lowest BCUT2D eigenvalue weighted by atomic mass is 9.73. The standard InChI is InChI=1S/C13H16N2O/c1-9-3-2-4-10-12(9)14-6-5-13(10)7-11(16)15-8-13/h2-4,14H,5-8H2,1H3,(H,15,16). The summed E-state index contributed by atoms with van der Waals surface area (Å²) in [6.07, 6.45) is 1.69. The van der Waals surface area contributed by atoms with E-state index < -0.39 is 0 Å². The lowest BCUT2D eigenvalue weighted by Gasteiger charge is -2.35. The van der Waals surface area contributed by atoms with Gasteiger partial charge in [-0.1, -0.05) is 18.2 Å². The summed E-state index contributed by atoms with van der Waals surface area (Å²) in [5, 5.41) is 6.43. The zero-order valence-electron chi connectivity index (χ0n) is 9.47. The molecule has 16 heavy (non-hydrogen) atoms. The highest BCUT2D eigenvalue weighted by Crippen LogP contribution is 2.42. The van der Waals surface area contributed by atoms with Crippen molar-refractivity contribution in [3.8, 4) is 0 Å². The number of para-hydroxylation sites is 1. The van der Waals surface area contributed by atoms with Gasteiger partial charge in [0.05, 0.1) is 0 Å². The van der Waals surface area contributed by atoms with Crippen molar-refractivity contribution in [2.45, 2.75) is 25.2 Å². The third-order valence-corrected chi connectivity index (χ3v) is 3.87. The summed E-state index contributed by atoms with van der Waals surface area (Å²) in [4.78, 5) is 11.5. The van der Waals surface area contributed by atoms with Gasteiger partial charge in [0, 0.05) is 30.6 Å². The number of hydrogen-bond acceptors (Lipinski definition) is 2. The Bertz CT molecular complexity index is 455. The molecule has 0 radical (unpaired) electrons. The number of amides is 1. The minimum absolute atomic E-state index is 0.0453. The Balaban J connectivity index is 2.13. The summed E-state index contributed by atoms with van der Waals surface area (Å²) in [6, 6.07) is 6.37. The molecule has 3 heteroatoms. The van der Waals surface area contributed by atoms with Crippen molar-refractivity contribution >= 4 is 11.6 Å². The molecular weight excluding hydrogens is 200 g/mol. The van der Waals surface area contributed by atoms with Crippen molar-refractivity contribution in [1.29, 1.82) is 0 Å². The molecule has 1 atom stereocenters. The van der Waals surface area contributed by atoms with Gasteiger partial charge in [0.25, 0.3) is 0 Å². The summed E-state index contributed by atoms with van der Waals surface area (Å²) in [6.45, 7) is 3.88. The first kappa shape index (κ1) is 9.70. The van der Waals surface area contributed by atoms with E-state index in [1.807, 2.05) is 0 Å². The van der Waals surface area contributed by atoms with Crippen molar-refractivity contribution in [1.82, 2.24) is 5.32 Å². The van der Waals surface area contributed by atoms with E-state index in [1.165, 1.54) is 16.8 Å². The van der Waals surface area contributed by atoms with E-state index >= 15 is 0 Å². The van der Waals surface area contributed by atoms with Crippen molar-refractivity contribution in [3.05, 3.63) is 29.3 Å². The van der Waals surface area contributed by atoms with Crippen LogP contribution >= 0.6 is 0 Å². The third kappa shape index (κ3) is 1.24. The van der Waals surface area contributed by atoms with Crippen molar-refractivity contribution in [3.63, 3.8) is 0 Å². The van der Waals surface area contributed by atoms with Gasteiger partial charge >= 0.3 is 0 Å². The van der Waals surface area contributed by atoms with Gasteiger partial charge in [-0.3, -0.25) is 4.79 Å². The molecule has 1 unspecified atom stereocenters. The Morgan fingerprint density at radius 3 is 2.94 bits per heavy atom. The number of carbonyl (C=O) groups is 1. The quantitative estimate of drug-likeness (QED) is 0.691. The summed E-state index contributed by atoms with van der Waals surface area (Å²) < 4.78 is 0. The van der Waals surface area contributed by atoms with Gasteiger partial charge in [-0.2, -0.15) is 0 Å². The lowest BCUT2D eigenvalue weighted by molar-refractivity contribution is -0.119. The Kier molecular flexibility index (Phi) is 1.96. The molecule has 3 nitrogen and oxygen atoms in total. The highest BCUT2D eigenvalue weighted by atomic mass is 16.1. The van der Waals surface area contributed by atoms with Crippen molar-refractivity contribution in [2.24, 2.45) is 0 Å². The van der Waals surface area contributed by atoms with Crippen LogP contribution < -0.4 is 10.6 Å². The first-order valence-electron chi connectivity index (χ1n) is 5.82. The second-order valence-corrected chi connectivity index (χ2v) is 4.91. The Labute approximate surface area is 95.2 Å². The second-order valence-electron chi connectivity index (χ2n) is 4.91. The number of aryl methyl sites for hydroxylation is 1. The predicted molar refractivity (Wildman–Crippen MR) is 63.6 cm³/mol. The Morgan fingerprint density at radius 2 is 2.19 bits per heavy atom. The molecule has 1 spiro atoms. The molecule has 84 valence electrons. The van der Waals surface area contributed by atoms with Crippen LogP contribution in [0.4, 0.5) is 5.69 Å². The van der Waals surface area contributed by atoms with Crippen LogP contribution in [0, 0.1) is 6.92 Å². The zero-order valence-corrected chi connectivity index (χ0v) is 9.47. The van der Waals surface area contributed by atoms with Crippen molar-refractivity contribution in [2.75, 3.05) is 18.4 Å². The molecule has 0 aromatic heterocycles. The first-order valence-corrected chi connectivity index (χ1v) is 5.82. The number of benzene rings is 1. The molecule has 1 aromatic rings. The predicted octanol–water partition coefficient (Wildman–Crippen LogP) is 1.57. The van der Waals surface area contributed by atoms with Crippen LogP contribution in [0.25, 0.3) is 0 Å². The molecular formula is C13H16N2O. The minimum Gasteiger partial charge on any atom is -0.385 e. The highest BCUT2D eigenvalue weighted by molar-refractivity contribution is 5.82. The van der Waals surface area contributed by atoms with E-state index in [2.05, 4.69) is 35.8 Å². The van der Waals surface area contributed by atoms with Gasteiger partial charge in [-0.15, -0.1) is 0 Å². The number of carbonyl (C=O) groups excluding carboxylic acids is 1. The van der Waals surface area contributed by atoms with Crippen molar-refractivity contribution < 1.29 is 4.79 Å². The van der Waals surface area contributed by atoms with Gasteiger partial charge in [0.15, 0.2) is 0 Å². The zero-order chi connectivity index (χ0) is 11.2. The van der Waals surface area contributed by atoms with Crippen LogP contribution in [0.2, 0.25) is 0 Å².